The number of anilines is 1. The zero-order valence-corrected chi connectivity index (χ0v) is 22.9. The molecule has 0 saturated heterocycles. The Morgan fingerprint density at radius 1 is 1.03 bits per heavy atom. The Kier molecular flexibility index (Phi) is 10.2. The predicted molar refractivity (Wildman–Crippen MR) is 142 cm³/mol. The maximum Gasteiger partial charge on any atom is 0.244 e. The minimum absolute atomic E-state index is 0.0493. The molecular formula is C26H36ClN3O4S. The molecule has 0 aliphatic rings. The van der Waals surface area contributed by atoms with Gasteiger partial charge in [0, 0.05) is 17.6 Å². The summed E-state index contributed by atoms with van der Waals surface area (Å²) < 4.78 is 26.6. The number of hydrogen-bond donors (Lipinski definition) is 1. The molecule has 2 aromatic rings. The molecule has 0 saturated carbocycles. The molecule has 0 heterocycles. The lowest BCUT2D eigenvalue weighted by Crippen LogP contribution is -2.53. The number of benzene rings is 2. The quantitative estimate of drug-likeness (QED) is 0.473. The second-order valence-corrected chi connectivity index (χ2v) is 11.3. The zero-order valence-electron chi connectivity index (χ0n) is 21.3. The van der Waals surface area contributed by atoms with E-state index in [2.05, 4.69) is 5.32 Å². The molecule has 2 rings (SSSR count). The average molecular weight is 522 g/mol. The number of sulfonamides is 1. The van der Waals surface area contributed by atoms with Crippen molar-refractivity contribution in [3.63, 3.8) is 0 Å². The highest BCUT2D eigenvalue weighted by Crippen LogP contribution is 2.24. The molecule has 192 valence electrons. The molecule has 0 aromatic heterocycles. The van der Waals surface area contributed by atoms with Crippen LogP contribution in [0, 0.1) is 13.8 Å². The highest BCUT2D eigenvalue weighted by Gasteiger charge is 2.32. The van der Waals surface area contributed by atoms with Gasteiger partial charge in [-0.2, -0.15) is 0 Å². The minimum atomic E-state index is -3.77. The van der Waals surface area contributed by atoms with Crippen LogP contribution >= 0.6 is 11.6 Å². The molecule has 0 aliphatic carbocycles. The number of nitrogens with zero attached hydrogens (tertiary/aromatic N) is 2. The Labute approximate surface area is 214 Å². The summed E-state index contributed by atoms with van der Waals surface area (Å²) in [4.78, 5) is 28.3. The molecule has 0 spiro atoms. The Morgan fingerprint density at radius 3 is 2.17 bits per heavy atom. The van der Waals surface area contributed by atoms with E-state index in [1.165, 1.54) is 4.90 Å². The first-order valence-corrected chi connectivity index (χ1v) is 14.0. The Hall–Kier alpha value is -2.58. The fourth-order valence-corrected chi connectivity index (χ4v) is 4.86. The van der Waals surface area contributed by atoms with Gasteiger partial charge in [-0.1, -0.05) is 55.3 Å². The topological polar surface area (TPSA) is 86.8 Å². The minimum Gasteiger partial charge on any atom is -0.352 e. The van der Waals surface area contributed by atoms with Crippen LogP contribution in [0.5, 0.6) is 0 Å². The lowest BCUT2D eigenvalue weighted by molar-refractivity contribution is -0.140. The summed E-state index contributed by atoms with van der Waals surface area (Å²) in [5.41, 5.74) is 2.96. The second-order valence-electron chi connectivity index (χ2n) is 8.95. The van der Waals surface area contributed by atoms with Gasteiger partial charge >= 0.3 is 0 Å². The van der Waals surface area contributed by atoms with Gasteiger partial charge in [-0.15, -0.1) is 0 Å². The summed E-state index contributed by atoms with van der Waals surface area (Å²) in [7, 11) is -3.77. The van der Waals surface area contributed by atoms with Gasteiger partial charge in [0.05, 0.1) is 11.9 Å². The van der Waals surface area contributed by atoms with E-state index in [9.17, 15) is 18.0 Å². The molecule has 9 heteroatoms. The van der Waals surface area contributed by atoms with E-state index in [0.29, 0.717) is 17.1 Å². The number of carbonyl (C=O) groups is 2. The molecule has 1 N–H and O–H groups in total. The highest BCUT2D eigenvalue weighted by molar-refractivity contribution is 7.92. The van der Waals surface area contributed by atoms with Gasteiger partial charge in [0.25, 0.3) is 0 Å². The first-order chi connectivity index (χ1) is 16.4. The van der Waals surface area contributed by atoms with E-state index in [4.69, 9.17) is 11.6 Å². The lowest BCUT2D eigenvalue weighted by Gasteiger charge is -2.33. The van der Waals surface area contributed by atoms with Crippen molar-refractivity contribution in [2.45, 2.75) is 66.1 Å². The van der Waals surface area contributed by atoms with Gasteiger partial charge in [-0.3, -0.25) is 13.9 Å². The molecule has 2 amide bonds. The van der Waals surface area contributed by atoms with Crippen molar-refractivity contribution in [2.24, 2.45) is 0 Å². The monoisotopic (exact) mass is 521 g/mol. The van der Waals surface area contributed by atoms with E-state index in [0.717, 1.165) is 33.7 Å². The predicted octanol–water partition coefficient (Wildman–Crippen LogP) is 4.44. The fraction of sp³-hybridized carbons (Fsp3) is 0.462. The fourth-order valence-electron chi connectivity index (χ4n) is 3.83. The second kappa shape index (κ2) is 12.4. The average Bonchev–Trinajstić information content (AvgIpc) is 2.78. The van der Waals surface area contributed by atoms with Crippen LogP contribution in [-0.2, 0) is 26.2 Å². The van der Waals surface area contributed by atoms with Crippen molar-refractivity contribution in [3.8, 4) is 0 Å². The lowest BCUT2D eigenvalue weighted by atomic mass is 10.1. The van der Waals surface area contributed by atoms with Crippen LogP contribution in [0.2, 0.25) is 5.02 Å². The standard InChI is InChI=1S/C26H36ClN3O4S/c1-7-20(5)28-26(32)23(8-2)29(16-21-10-12-22(27)13-11-21)25(31)17-30(35(6,33)34)24-14-9-18(3)15-19(24)4/h9-15,20,23H,7-8,16-17H2,1-6H3,(H,28,32). The van der Waals surface area contributed by atoms with E-state index in [1.807, 2.05) is 46.8 Å². The van der Waals surface area contributed by atoms with Crippen LogP contribution in [0.1, 0.15) is 50.3 Å². The zero-order chi connectivity index (χ0) is 26.3. The third kappa shape index (κ3) is 7.97. The van der Waals surface area contributed by atoms with Crippen LogP contribution in [0.15, 0.2) is 42.5 Å². The third-order valence-electron chi connectivity index (χ3n) is 5.95. The van der Waals surface area contributed by atoms with E-state index < -0.39 is 28.5 Å². The number of hydrogen-bond acceptors (Lipinski definition) is 4. The van der Waals surface area contributed by atoms with Crippen molar-refractivity contribution in [1.29, 1.82) is 0 Å². The molecule has 35 heavy (non-hydrogen) atoms. The molecule has 0 aliphatic heterocycles. The molecule has 2 aromatic carbocycles. The van der Waals surface area contributed by atoms with Crippen molar-refractivity contribution in [1.82, 2.24) is 10.2 Å². The summed E-state index contributed by atoms with van der Waals surface area (Å²) in [6, 6.07) is 11.6. The number of aryl methyl sites for hydroxylation is 2. The first kappa shape index (κ1) is 28.7. The Morgan fingerprint density at radius 2 is 1.66 bits per heavy atom. The Bertz CT molecular complexity index is 1140. The van der Waals surface area contributed by atoms with Crippen LogP contribution in [-0.4, -0.2) is 50.0 Å². The molecule has 0 fully saturated rings. The highest BCUT2D eigenvalue weighted by atomic mass is 35.5. The van der Waals surface area contributed by atoms with E-state index in [-0.39, 0.29) is 18.5 Å². The number of halogens is 1. The molecular weight excluding hydrogens is 486 g/mol. The van der Waals surface area contributed by atoms with Crippen molar-refractivity contribution < 1.29 is 18.0 Å². The van der Waals surface area contributed by atoms with Gasteiger partial charge in [-0.25, -0.2) is 8.42 Å². The summed E-state index contributed by atoms with van der Waals surface area (Å²) in [5.74, 6) is -0.724. The van der Waals surface area contributed by atoms with Crippen LogP contribution in [0.3, 0.4) is 0 Å². The largest absolute Gasteiger partial charge is 0.352 e. The van der Waals surface area contributed by atoms with Crippen molar-refractivity contribution >= 4 is 39.1 Å². The summed E-state index contributed by atoms with van der Waals surface area (Å²) in [6.45, 7) is 9.17. The molecule has 7 nitrogen and oxygen atoms in total. The van der Waals surface area contributed by atoms with Gasteiger partial charge in [-0.05, 0) is 62.9 Å². The van der Waals surface area contributed by atoms with E-state index in [1.54, 1.807) is 30.3 Å². The summed E-state index contributed by atoms with van der Waals surface area (Å²) in [6.07, 6.45) is 2.21. The van der Waals surface area contributed by atoms with Gasteiger partial charge in [0.1, 0.15) is 12.6 Å². The van der Waals surface area contributed by atoms with Crippen molar-refractivity contribution in [2.75, 3.05) is 17.1 Å². The van der Waals surface area contributed by atoms with Crippen molar-refractivity contribution in [3.05, 3.63) is 64.2 Å². The maximum atomic E-state index is 13.7. The first-order valence-electron chi connectivity index (χ1n) is 11.8. The molecule has 2 unspecified atom stereocenters. The summed E-state index contributed by atoms with van der Waals surface area (Å²) >= 11 is 6.02. The Balaban J connectivity index is 2.46. The molecule has 0 bridgehead atoms. The normalized spacial score (nSPS) is 13.1. The molecule has 0 radical (unpaired) electrons. The number of rotatable bonds is 11. The number of amides is 2. The van der Waals surface area contributed by atoms with Gasteiger partial charge in [0.2, 0.25) is 21.8 Å². The smallest absolute Gasteiger partial charge is 0.244 e. The van der Waals surface area contributed by atoms with Crippen LogP contribution in [0.4, 0.5) is 5.69 Å². The maximum absolute atomic E-state index is 13.7. The van der Waals surface area contributed by atoms with E-state index >= 15 is 0 Å². The van der Waals surface area contributed by atoms with Crippen LogP contribution in [0.25, 0.3) is 0 Å². The van der Waals surface area contributed by atoms with Crippen LogP contribution < -0.4 is 9.62 Å². The SMILES string of the molecule is CCC(C)NC(=O)C(CC)N(Cc1ccc(Cl)cc1)C(=O)CN(c1ccc(C)cc1C)S(C)(=O)=O. The van der Waals surface area contributed by atoms with Gasteiger partial charge in [0.15, 0.2) is 0 Å². The number of carbonyl (C=O) groups excluding carboxylic acids is 2. The number of nitrogens with one attached hydrogen (secondary N) is 1. The molecule has 2 atom stereocenters. The third-order valence-corrected chi connectivity index (χ3v) is 7.33. The van der Waals surface area contributed by atoms with Gasteiger partial charge < -0.3 is 10.2 Å². The summed E-state index contributed by atoms with van der Waals surface area (Å²) in [5, 5.41) is 3.52.